The Bertz CT molecular complexity index is 980. The van der Waals surface area contributed by atoms with Crippen molar-refractivity contribution >= 4 is 39.8 Å². The Kier molecular flexibility index (Phi) is 5.40. The lowest BCUT2D eigenvalue weighted by Gasteiger charge is -2.10. The average molecular weight is 368 g/mol. The Morgan fingerprint density at radius 1 is 1.04 bits per heavy atom. The highest BCUT2D eigenvalue weighted by Crippen LogP contribution is 2.30. The number of nitrogens with one attached hydrogen (secondary N) is 4. The zero-order valence-corrected chi connectivity index (χ0v) is 15.2. The number of aromatic nitrogens is 1. The van der Waals surface area contributed by atoms with Gasteiger partial charge >= 0.3 is 0 Å². The summed E-state index contributed by atoms with van der Waals surface area (Å²) in [5.41, 5.74) is 3.80. The second-order valence-electron chi connectivity index (χ2n) is 6.31. The predicted octanol–water partition coefficient (Wildman–Crippen LogP) is 3.69. The molecule has 0 aliphatic rings. The second kappa shape index (κ2) is 7.90. The summed E-state index contributed by atoms with van der Waals surface area (Å²) in [6.07, 6.45) is 2.44. The largest absolute Gasteiger partial charge is 0.359 e. The van der Waals surface area contributed by atoms with Gasteiger partial charge in [0.25, 0.3) is 0 Å². The minimum Gasteiger partial charge on any atom is -0.359 e. The van der Waals surface area contributed by atoms with Gasteiger partial charge in [-0.05, 0) is 48.4 Å². The number of carbonyl (C=O) groups excluding carboxylic acids is 2. The molecule has 0 atom stereocenters. The van der Waals surface area contributed by atoms with E-state index >= 15 is 0 Å². The third kappa shape index (κ3) is 4.63. The second-order valence-corrected chi connectivity index (χ2v) is 6.31. The van der Waals surface area contributed by atoms with E-state index in [2.05, 4.69) is 20.9 Å². The van der Waals surface area contributed by atoms with Crippen LogP contribution in [-0.2, 0) is 16.0 Å². The maximum Gasteiger partial charge on any atom is 0.221 e. The Morgan fingerprint density at radius 2 is 1.74 bits per heavy atom. The number of amides is 2. The molecule has 6 nitrogen and oxygen atoms in total. The van der Waals surface area contributed by atoms with Crippen LogP contribution in [0.5, 0.6) is 0 Å². The van der Waals surface area contributed by atoms with Crippen molar-refractivity contribution in [3.63, 3.8) is 0 Å². The fourth-order valence-corrected chi connectivity index (χ4v) is 2.93. The maximum absolute atomic E-state index is 14.1. The SMILES string of the molecule is CC(=O)NCCc1c[nH]c2c(Nc3ccc(NC(C)=O)cc3)cc(F)cc12. The summed E-state index contributed by atoms with van der Waals surface area (Å²) in [6.45, 7) is 3.41. The van der Waals surface area contributed by atoms with E-state index in [9.17, 15) is 14.0 Å². The molecule has 2 amide bonds. The first kappa shape index (κ1) is 18.4. The average Bonchev–Trinajstić information content (AvgIpc) is 2.99. The first-order valence-electron chi connectivity index (χ1n) is 8.61. The number of benzene rings is 2. The molecule has 0 fully saturated rings. The third-order valence-electron chi connectivity index (χ3n) is 4.09. The van der Waals surface area contributed by atoms with Crippen molar-refractivity contribution in [3.05, 3.63) is 54.0 Å². The summed E-state index contributed by atoms with van der Waals surface area (Å²) in [4.78, 5) is 25.3. The fraction of sp³-hybridized carbons (Fsp3) is 0.200. The van der Waals surface area contributed by atoms with Gasteiger partial charge < -0.3 is 20.9 Å². The first-order chi connectivity index (χ1) is 12.9. The molecule has 3 rings (SSSR count). The summed E-state index contributed by atoms with van der Waals surface area (Å²) in [7, 11) is 0. The van der Waals surface area contributed by atoms with E-state index in [4.69, 9.17) is 0 Å². The van der Waals surface area contributed by atoms with Crippen molar-refractivity contribution in [2.24, 2.45) is 0 Å². The van der Waals surface area contributed by atoms with Crippen LogP contribution in [0.2, 0.25) is 0 Å². The van der Waals surface area contributed by atoms with Crippen LogP contribution in [-0.4, -0.2) is 23.3 Å². The standard InChI is InChI=1S/C20H21FN4O2/c1-12(26)22-8-7-14-11-23-20-18(14)9-15(21)10-19(20)25-17-5-3-16(4-6-17)24-13(2)27/h3-6,9-11,23,25H,7-8H2,1-2H3,(H,22,26)(H,24,27). The maximum atomic E-state index is 14.1. The summed E-state index contributed by atoms with van der Waals surface area (Å²) >= 11 is 0. The minimum atomic E-state index is -0.347. The van der Waals surface area contributed by atoms with E-state index in [0.29, 0.717) is 24.3 Å². The number of carbonyl (C=O) groups is 2. The molecule has 3 aromatic rings. The number of hydrogen-bond acceptors (Lipinski definition) is 3. The van der Waals surface area contributed by atoms with Crippen LogP contribution in [0.25, 0.3) is 10.9 Å². The minimum absolute atomic E-state index is 0.0916. The molecule has 1 aromatic heterocycles. The van der Waals surface area contributed by atoms with Crippen molar-refractivity contribution < 1.29 is 14.0 Å². The molecule has 140 valence electrons. The quantitative estimate of drug-likeness (QED) is 0.535. The molecular formula is C20H21FN4O2. The van der Waals surface area contributed by atoms with Crippen LogP contribution < -0.4 is 16.0 Å². The van der Waals surface area contributed by atoms with E-state index in [0.717, 1.165) is 22.2 Å². The van der Waals surface area contributed by atoms with E-state index in [1.807, 2.05) is 18.3 Å². The zero-order valence-electron chi connectivity index (χ0n) is 15.2. The molecule has 27 heavy (non-hydrogen) atoms. The third-order valence-corrected chi connectivity index (χ3v) is 4.09. The molecule has 0 spiro atoms. The summed E-state index contributed by atoms with van der Waals surface area (Å²) in [5.74, 6) is -0.577. The number of anilines is 3. The van der Waals surface area contributed by atoms with Crippen molar-refractivity contribution in [3.8, 4) is 0 Å². The molecule has 0 aliphatic heterocycles. The molecule has 0 saturated carbocycles. The topological polar surface area (TPSA) is 86.0 Å². The number of halogens is 1. The van der Waals surface area contributed by atoms with Crippen molar-refractivity contribution in [1.29, 1.82) is 0 Å². The summed E-state index contributed by atoms with van der Waals surface area (Å²) in [5, 5.41) is 9.42. The van der Waals surface area contributed by atoms with E-state index in [1.54, 1.807) is 12.1 Å². The number of fused-ring (bicyclic) bond motifs is 1. The molecule has 1 heterocycles. The number of H-pyrrole nitrogens is 1. The predicted molar refractivity (Wildman–Crippen MR) is 105 cm³/mol. The highest BCUT2D eigenvalue weighted by molar-refractivity contribution is 5.95. The summed E-state index contributed by atoms with van der Waals surface area (Å²) < 4.78 is 14.1. The van der Waals surface area contributed by atoms with Gasteiger partial charge in [-0.25, -0.2) is 4.39 Å². The normalized spacial score (nSPS) is 10.6. The smallest absolute Gasteiger partial charge is 0.221 e. The van der Waals surface area contributed by atoms with E-state index in [-0.39, 0.29) is 17.6 Å². The van der Waals surface area contributed by atoms with Gasteiger partial charge in [0.2, 0.25) is 11.8 Å². The van der Waals surface area contributed by atoms with Gasteiger partial charge in [-0.3, -0.25) is 9.59 Å². The highest BCUT2D eigenvalue weighted by atomic mass is 19.1. The molecule has 0 saturated heterocycles. The Morgan fingerprint density at radius 3 is 2.41 bits per heavy atom. The monoisotopic (exact) mass is 368 g/mol. The van der Waals surface area contributed by atoms with Crippen LogP contribution in [0, 0.1) is 5.82 Å². The van der Waals surface area contributed by atoms with Gasteiger partial charge in [-0.2, -0.15) is 0 Å². The number of rotatable bonds is 6. The molecular weight excluding hydrogens is 347 g/mol. The van der Waals surface area contributed by atoms with Crippen LogP contribution in [0.1, 0.15) is 19.4 Å². The molecule has 0 bridgehead atoms. The molecule has 4 N–H and O–H groups in total. The number of hydrogen-bond donors (Lipinski definition) is 4. The van der Waals surface area contributed by atoms with Gasteiger partial charge in [-0.15, -0.1) is 0 Å². The van der Waals surface area contributed by atoms with Gasteiger partial charge in [0.15, 0.2) is 0 Å². The van der Waals surface area contributed by atoms with Crippen LogP contribution in [0.15, 0.2) is 42.6 Å². The van der Waals surface area contributed by atoms with Gasteiger partial charge in [-0.1, -0.05) is 0 Å². The Labute approximate surface area is 156 Å². The lowest BCUT2D eigenvalue weighted by molar-refractivity contribution is -0.119. The molecule has 0 unspecified atom stereocenters. The van der Waals surface area contributed by atoms with Crippen molar-refractivity contribution in [2.45, 2.75) is 20.3 Å². The van der Waals surface area contributed by atoms with Gasteiger partial charge in [0, 0.05) is 43.4 Å². The zero-order chi connectivity index (χ0) is 19.4. The van der Waals surface area contributed by atoms with E-state index in [1.165, 1.54) is 26.0 Å². The lowest BCUT2D eigenvalue weighted by atomic mass is 10.1. The van der Waals surface area contributed by atoms with Gasteiger partial charge in [0.05, 0.1) is 11.2 Å². The Hall–Kier alpha value is -3.35. The number of aromatic amines is 1. The van der Waals surface area contributed by atoms with Crippen LogP contribution in [0.3, 0.4) is 0 Å². The van der Waals surface area contributed by atoms with Crippen molar-refractivity contribution in [2.75, 3.05) is 17.2 Å². The Balaban J connectivity index is 1.83. The van der Waals surface area contributed by atoms with Crippen LogP contribution >= 0.6 is 0 Å². The molecule has 7 heteroatoms. The van der Waals surface area contributed by atoms with Gasteiger partial charge in [0.1, 0.15) is 5.82 Å². The molecule has 2 aromatic carbocycles. The molecule has 0 aliphatic carbocycles. The van der Waals surface area contributed by atoms with Crippen molar-refractivity contribution in [1.82, 2.24) is 10.3 Å². The fourth-order valence-electron chi connectivity index (χ4n) is 2.93. The highest BCUT2D eigenvalue weighted by Gasteiger charge is 2.11. The van der Waals surface area contributed by atoms with E-state index < -0.39 is 0 Å². The van der Waals surface area contributed by atoms with Crippen LogP contribution in [0.4, 0.5) is 21.5 Å². The summed E-state index contributed by atoms with van der Waals surface area (Å²) in [6, 6.07) is 10.1. The first-order valence-corrected chi connectivity index (χ1v) is 8.61. The lowest BCUT2D eigenvalue weighted by Crippen LogP contribution is -2.22. The molecule has 0 radical (unpaired) electrons.